The number of benzene rings is 4. The van der Waals surface area contributed by atoms with E-state index in [-0.39, 0.29) is 0 Å². The molecule has 3 heteroatoms. The van der Waals surface area contributed by atoms with Crippen LogP contribution in [0.3, 0.4) is 0 Å². The highest BCUT2D eigenvalue weighted by molar-refractivity contribution is 9.12. The summed E-state index contributed by atoms with van der Waals surface area (Å²) in [6, 6.07) is 36.5. The second-order valence-corrected chi connectivity index (χ2v) is 11.6. The minimum absolute atomic E-state index is 0.508. The molecule has 0 aliphatic heterocycles. The maximum absolute atomic E-state index is 7.21. The van der Waals surface area contributed by atoms with Crippen molar-refractivity contribution in [3.05, 3.63) is 163 Å². The highest BCUT2D eigenvalue weighted by atomic mass is 79.9. The van der Waals surface area contributed by atoms with E-state index in [9.17, 15) is 0 Å². The molecule has 0 radical (unpaired) electrons. The predicted octanol–water partition coefficient (Wildman–Crippen LogP) is 10.1. The third-order valence-corrected chi connectivity index (χ3v) is 9.05. The van der Waals surface area contributed by atoms with Crippen LogP contribution in [0.1, 0.15) is 53.1 Å². The fourth-order valence-corrected chi connectivity index (χ4v) is 6.21. The molecule has 0 heterocycles. The van der Waals surface area contributed by atoms with Crippen molar-refractivity contribution < 1.29 is 4.74 Å². The lowest BCUT2D eigenvalue weighted by molar-refractivity contribution is -0.000111. The summed E-state index contributed by atoms with van der Waals surface area (Å²) in [7, 11) is 0. The third kappa shape index (κ3) is 5.81. The molecule has 0 spiro atoms. The Hall–Kier alpha value is -2.72. The SMILES string of the molecule is C/C1=C(Br)\C=C\CCc2cc(COC(c3ccccc3)(c3ccccc3)c3ccccc3)c(cc2Br)CC1. The first kappa shape index (κ1) is 26.9. The topological polar surface area (TPSA) is 9.23 Å². The van der Waals surface area contributed by atoms with Crippen molar-refractivity contribution in [2.45, 2.75) is 44.8 Å². The zero-order valence-corrected chi connectivity index (χ0v) is 24.8. The van der Waals surface area contributed by atoms with Crippen molar-refractivity contribution in [2.24, 2.45) is 0 Å². The van der Waals surface area contributed by atoms with Crippen molar-refractivity contribution in [3.63, 3.8) is 0 Å². The molecular formula is C35H32Br2O. The highest BCUT2D eigenvalue weighted by Gasteiger charge is 2.37. The summed E-state index contributed by atoms with van der Waals surface area (Å²) in [6.45, 7) is 2.72. The van der Waals surface area contributed by atoms with E-state index in [1.807, 2.05) is 0 Å². The molecule has 2 bridgehead atoms. The molecule has 2 aliphatic rings. The molecule has 192 valence electrons. The molecule has 0 aromatic heterocycles. The van der Waals surface area contributed by atoms with Crippen LogP contribution in [-0.2, 0) is 29.8 Å². The summed E-state index contributed by atoms with van der Waals surface area (Å²) < 4.78 is 9.59. The average Bonchev–Trinajstić information content (AvgIpc) is 2.96. The van der Waals surface area contributed by atoms with Gasteiger partial charge in [0, 0.05) is 8.96 Å². The van der Waals surface area contributed by atoms with Crippen LogP contribution in [0.2, 0.25) is 0 Å². The largest absolute Gasteiger partial charge is 0.356 e. The minimum atomic E-state index is -0.735. The number of hydrogen-bond acceptors (Lipinski definition) is 1. The number of ether oxygens (including phenoxy) is 1. The van der Waals surface area contributed by atoms with Crippen molar-refractivity contribution in [1.29, 1.82) is 0 Å². The Morgan fingerprint density at radius 3 is 1.79 bits per heavy atom. The van der Waals surface area contributed by atoms with Gasteiger partial charge in [0.2, 0.25) is 0 Å². The van der Waals surface area contributed by atoms with Gasteiger partial charge in [-0.1, -0.05) is 147 Å². The second-order valence-electron chi connectivity index (χ2n) is 9.85. The monoisotopic (exact) mass is 626 g/mol. The number of fused-ring (bicyclic) bond motifs is 7. The molecule has 4 aromatic carbocycles. The van der Waals surface area contributed by atoms with E-state index in [4.69, 9.17) is 4.74 Å². The Bertz CT molecular complexity index is 1330. The molecule has 0 saturated carbocycles. The second kappa shape index (κ2) is 12.4. The zero-order valence-electron chi connectivity index (χ0n) is 21.7. The summed E-state index contributed by atoms with van der Waals surface area (Å²) in [6.07, 6.45) is 8.38. The number of halogens is 2. The maximum atomic E-state index is 7.21. The van der Waals surface area contributed by atoms with E-state index in [0.29, 0.717) is 6.61 Å². The van der Waals surface area contributed by atoms with Gasteiger partial charge in [0.15, 0.2) is 0 Å². The lowest BCUT2D eigenvalue weighted by atomic mass is 9.80. The van der Waals surface area contributed by atoms with Crippen LogP contribution in [0.25, 0.3) is 0 Å². The highest BCUT2D eigenvalue weighted by Crippen LogP contribution is 2.41. The first-order valence-electron chi connectivity index (χ1n) is 13.2. The summed E-state index contributed by atoms with van der Waals surface area (Å²) >= 11 is 7.63. The molecule has 0 unspecified atom stereocenters. The molecule has 0 atom stereocenters. The normalized spacial score (nSPS) is 17.0. The quantitative estimate of drug-likeness (QED) is 0.193. The van der Waals surface area contributed by atoms with E-state index in [2.05, 4.69) is 154 Å². The van der Waals surface area contributed by atoms with Gasteiger partial charge >= 0.3 is 0 Å². The van der Waals surface area contributed by atoms with Gasteiger partial charge in [-0.3, -0.25) is 0 Å². The molecule has 2 aliphatic carbocycles. The fourth-order valence-electron chi connectivity index (χ4n) is 5.23. The predicted molar refractivity (Wildman–Crippen MR) is 166 cm³/mol. The molecule has 0 fully saturated rings. The van der Waals surface area contributed by atoms with Gasteiger partial charge in [-0.05, 0) is 72.1 Å². The molecule has 0 amide bonds. The van der Waals surface area contributed by atoms with Gasteiger partial charge in [-0.25, -0.2) is 0 Å². The van der Waals surface area contributed by atoms with Crippen molar-refractivity contribution in [2.75, 3.05) is 0 Å². The van der Waals surface area contributed by atoms with Crippen LogP contribution < -0.4 is 0 Å². The maximum Gasteiger partial charge on any atom is 0.144 e. The molecule has 0 N–H and O–H groups in total. The number of allylic oxidation sites excluding steroid dienone is 4. The lowest BCUT2D eigenvalue weighted by Gasteiger charge is -2.36. The van der Waals surface area contributed by atoms with Gasteiger partial charge in [-0.2, -0.15) is 0 Å². The van der Waals surface area contributed by atoms with Crippen LogP contribution >= 0.6 is 31.9 Å². The van der Waals surface area contributed by atoms with Crippen molar-refractivity contribution in [1.82, 2.24) is 0 Å². The van der Waals surface area contributed by atoms with E-state index in [1.165, 1.54) is 31.2 Å². The van der Waals surface area contributed by atoms with Crippen LogP contribution in [0.5, 0.6) is 0 Å². The van der Waals surface area contributed by atoms with Crippen LogP contribution in [0, 0.1) is 0 Å². The first-order valence-corrected chi connectivity index (χ1v) is 14.8. The van der Waals surface area contributed by atoms with Crippen LogP contribution in [0.15, 0.2) is 130 Å². The Morgan fingerprint density at radius 1 is 0.684 bits per heavy atom. The van der Waals surface area contributed by atoms with E-state index < -0.39 is 5.60 Å². The molecule has 38 heavy (non-hydrogen) atoms. The van der Waals surface area contributed by atoms with Crippen molar-refractivity contribution in [3.8, 4) is 0 Å². The summed E-state index contributed by atoms with van der Waals surface area (Å²) in [4.78, 5) is 0. The van der Waals surface area contributed by atoms with E-state index in [0.717, 1.165) is 42.4 Å². The number of rotatable bonds is 6. The molecule has 1 nitrogen and oxygen atoms in total. The smallest absolute Gasteiger partial charge is 0.144 e. The first-order chi connectivity index (χ1) is 18.6. The standard InChI is InChI=1S/C35H32Br2O/c1-26-21-22-27-24-34(37)28(13-11-12-20-33(26)36)23-29(27)25-38-35(30-14-5-2-6-15-30,31-16-7-3-8-17-31)32-18-9-4-10-19-32/h2-10,12,14-20,23-24H,11,13,21-22,25H2,1H3/b20-12+,33-26-. The fraction of sp³-hybridized carbons (Fsp3) is 0.200. The van der Waals surface area contributed by atoms with E-state index >= 15 is 0 Å². The summed E-state index contributed by atoms with van der Waals surface area (Å²) in [5.74, 6) is 0. The molecular weight excluding hydrogens is 596 g/mol. The van der Waals surface area contributed by atoms with Crippen molar-refractivity contribution >= 4 is 31.9 Å². The van der Waals surface area contributed by atoms with E-state index in [1.54, 1.807) is 0 Å². The molecule has 4 aromatic rings. The average molecular weight is 628 g/mol. The van der Waals surface area contributed by atoms with Gasteiger partial charge < -0.3 is 4.74 Å². The Morgan fingerprint density at radius 2 is 1.24 bits per heavy atom. The lowest BCUT2D eigenvalue weighted by Crippen LogP contribution is -2.33. The minimum Gasteiger partial charge on any atom is -0.356 e. The molecule has 6 rings (SSSR count). The third-order valence-electron chi connectivity index (χ3n) is 7.38. The Balaban J connectivity index is 1.61. The zero-order chi connectivity index (χ0) is 26.4. The number of aryl methyl sites for hydroxylation is 2. The Labute approximate surface area is 243 Å². The van der Waals surface area contributed by atoms with Crippen LogP contribution in [-0.4, -0.2) is 0 Å². The summed E-state index contributed by atoms with van der Waals surface area (Å²) in [5, 5.41) is 0. The van der Waals surface area contributed by atoms with Gasteiger partial charge in [0.05, 0.1) is 6.61 Å². The van der Waals surface area contributed by atoms with Crippen LogP contribution in [0.4, 0.5) is 0 Å². The molecule has 0 saturated heterocycles. The van der Waals surface area contributed by atoms with Gasteiger partial charge in [0.25, 0.3) is 0 Å². The van der Waals surface area contributed by atoms with Gasteiger partial charge in [0.1, 0.15) is 5.60 Å². The van der Waals surface area contributed by atoms with Gasteiger partial charge in [-0.15, -0.1) is 0 Å². The Kier molecular flexibility index (Phi) is 8.79. The number of hydrogen-bond donors (Lipinski definition) is 0. The summed E-state index contributed by atoms with van der Waals surface area (Å²) in [5.41, 5.74) is 7.90.